The van der Waals surface area contributed by atoms with Gasteiger partial charge in [-0.3, -0.25) is 0 Å². The third-order valence-corrected chi connectivity index (χ3v) is 2.14. The standard InChI is InChI=1S/C12H19NO.C2H6/c1-4-5-6-7-12-10(2)8-14-9-11(3)13-12;1-2/h5-7,10,13H,3-4,8-9H2,1-2H3;1-2H3/b6-5-,12-7+;. The molecule has 1 atom stereocenters. The Labute approximate surface area is 100 Å². The van der Waals surface area contributed by atoms with Gasteiger partial charge in [0.05, 0.1) is 13.2 Å². The minimum Gasteiger partial charge on any atom is -0.375 e. The zero-order valence-corrected chi connectivity index (χ0v) is 11.0. The van der Waals surface area contributed by atoms with Gasteiger partial charge in [-0.2, -0.15) is 0 Å². The Balaban J connectivity index is 0.00000106. The van der Waals surface area contributed by atoms with E-state index in [1.165, 1.54) is 5.70 Å². The summed E-state index contributed by atoms with van der Waals surface area (Å²) < 4.78 is 5.43. The van der Waals surface area contributed by atoms with Crippen molar-refractivity contribution in [3.05, 3.63) is 36.2 Å². The van der Waals surface area contributed by atoms with Crippen molar-refractivity contribution in [3.63, 3.8) is 0 Å². The van der Waals surface area contributed by atoms with Gasteiger partial charge in [-0.1, -0.05) is 46.4 Å². The van der Waals surface area contributed by atoms with Crippen LogP contribution in [-0.4, -0.2) is 13.2 Å². The Bertz CT molecular complexity index is 253. The highest BCUT2D eigenvalue weighted by molar-refractivity contribution is 5.18. The largest absolute Gasteiger partial charge is 0.375 e. The summed E-state index contributed by atoms with van der Waals surface area (Å²) in [6.45, 7) is 13.5. The summed E-state index contributed by atoms with van der Waals surface area (Å²) in [6.07, 6.45) is 7.39. The average molecular weight is 223 g/mol. The van der Waals surface area contributed by atoms with Crippen LogP contribution < -0.4 is 5.32 Å². The lowest BCUT2D eigenvalue weighted by atomic mass is 10.1. The molecule has 1 fully saturated rings. The van der Waals surface area contributed by atoms with Gasteiger partial charge in [0, 0.05) is 17.3 Å². The van der Waals surface area contributed by atoms with Crippen LogP contribution in [-0.2, 0) is 4.74 Å². The number of allylic oxidation sites excluding steroid dienone is 3. The molecule has 1 N–H and O–H groups in total. The van der Waals surface area contributed by atoms with Gasteiger partial charge in [-0.25, -0.2) is 0 Å². The van der Waals surface area contributed by atoms with E-state index in [0.29, 0.717) is 12.5 Å². The van der Waals surface area contributed by atoms with Crippen molar-refractivity contribution in [1.29, 1.82) is 0 Å². The molecule has 0 aromatic heterocycles. The van der Waals surface area contributed by atoms with Crippen molar-refractivity contribution in [2.24, 2.45) is 5.92 Å². The molecule has 0 aromatic rings. The fourth-order valence-corrected chi connectivity index (χ4v) is 1.33. The monoisotopic (exact) mass is 223 g/mol. The molecule has 2 nitrogen and oxygen atoms in total. The minimum absolute atomic E-state index is 0.413. The predicted octanol–water partition coefficient (Wildman–Crippen LogP) is 3.63. The number of nitrogens with one attached hydrogen (secondary N) is 1. The summed E-state index contributed by atoms with van der Waals surface area (Å²) in [6, 6.07) is 0. The van der Waals surface area contributed by atoms with Crippen molar-refractivity contribution < 1.29 is 4.74 Å². The van der Waals surface area contributed by atoms with Gasteiger partial charge in [0.15, 0.2) is 0 Å². The van der Waals surface area contributed by atoms with Crippen molar-refractivity contribution in [2.45, 2.75) is 34.1 Å². The fourth-order valence-electron chi connectivity index (χ4n) is 1.33. The SMILES string of the molecule is C=C1COCC(C)/C(=C\C=C/CC)N1.CC. The third kappa shape index (κ3) is 5.76. The number of ether oxygens (including phenoxy) is 1. The van der Waals surface area contributed by atoms with Crippen LogP contribution in [0.25, 0.3) is 0 Å². The van der Waals surface area contributed by atoms with E-state index in [4.69, 9.17) is 4.74 Å². The predicted molar refractivity (Wildman–Crippen MR) is 71.1 cm³/mol. The van der Waals surface area contributed by atoms with Crippen LogP contribution in [0.2, 0.25) is 0 Å². The Morgan fingerprint density at radius 1 is 1.50 bits per heavy atom. The summed E-state index contributed by atoms with van der Waals surface area (Å²) in [4.78, 5) is 0. The molecule has 1 rings (SSSR count). The van der Waals surface area contributed by atoms with E-state index in [1.54, 1.807) is 0 Å². The first-order chi connectivity index (χ1) is 7.74. The number of hydrogen-bond donors (Lipinski definition) is 1. The van der Waals surface area contributed by atoms with Crippen molar-refractivity contribution in [3.8, 4) is 0 Å². The Kier molecular flexibility index (Phi) is 8.64. The second-order valence-corrected chi connectivity index (χ2v) is 3.60. The highest BCUT2D eigenvalue weighted by atomic mass is 16.5. The lowest BCUT2D eigenvalue weighted by Gasteiger charge is -2.12. The van der Waals surface area contributed by atoms with Gasteiger partial charge in [0.2, 0.25) is 0 Å². The van der Waals surface area contributed by atoms with Crippen LogP contribution >= 0.6 is 0 Å². The first kappa shape index (κ1) is 15.0. The van der Waals surface area contributed by atoms with E-state index in [9.17, 15) is 0 Å². The average Bonchev–Trinajstić information content (AvgIpc) is 2.45. The summed E-state index contributed by atoms with van der Waals surface area (Å²) in [5.74, 6) is 0.413. The Morgan fingerprint density at radius 3 is 2.81 bits per heavy atom. The van der Waals surface area contributed by atoms with E-state index in [1.807, 2.05) is 13.8 Å². The maximum Gasteiger partial charge on any atom is 0.0860 e. The zero-order valence-electron chi connectivity index (χ0n) is 11.0. The maximum absolute atomic E-state index is 5.43. The van der Waals surface area contributed by atoms with Crippen molar-refractivity contribution in [2.75, 3.05) is 13.2 Å². The highest BCUT2D eigenvalue weighted by Crippen LogP contribution is 2.13. The van der Waals surface area contributed by atoms with E-state index >= 15 is 0 Å². The summed E-state index contributed by atoms with van der Waals surface area (Å²) in [5.41, 5.74) is 2.13. The quantitative estimate of drug-likeness (QED) is 0.772. The normalized spacial score (nSPS) is 23.6. The summed E-state index contributed by atoms with van der Waals surface area (Å²) >= 11 is 0. The van der Waals surface area contributed by atoms with E-state index in [2.05, 4.69) is 44.0 Å². The molecule has 0 aliphatic carbocycles. The lowest BCUT2D eigenvalue weighted by Crippen LogP contribution is -2.16. The van der Waals surface area contributed by atoms with Gasteiger partial charge in [0.25, 0.3) is 0 Å². The van der Waals surface area contributed by atoms with Crippen molar-refractivity contribution >= 4 is 0 Å². The minimum atomic E-state index is 0.413. The van der Waals surface area contributed by atoms with Gasteiger partial charge < -0.3 is 10.1 Å². The van der Waals surface area contributed by atoms with E-state index in [-0.39, 0.29) is 0 Å². The molecule has 1 saturated heterocycles. The molecule has 0 bridgehead atoms. The van der Waals surface area contributed by atoms with Gasteiger partial charge in [-0.05, 0) is 12.5 Å². The van der Waals surface area contributed by atoms with Crippen LogP contribution in [0.1, 0.15) is 34.1 Å². The first-order valence-corrected chi connectivity index (χ1v) is 6.13. The molecule has 1 aliphatic rings. The van der Waals surface area contributed by atoms with Gasteiger partial charge >= 0.3 is 0 Å². The second kappa shape index (κ2) is 9.22. The molecule has 0 aromatic carbocycles. The maximum atomic E-state index is 5.43. The highest BCUT2D eigenvalue weighted by Gasteiger charge is 2.13. The molecule has 1 unspecified atom stereocenters. The van der Waals surface area contributed by atoms with E-state index < -0.39 is 0 Å². The zero-order chi connectivity index (χ0) is 12.4. The molecule has 16 heavy (non-hydrogen) atoms. The molecule has 1 heterocycles. The summed E-state index contributed by atoms with van der Waals surface area (Å²) in [7, 11) is 0. The third-order valence-electron chi connectivity index (χ3n) is 2.14. The molecule has 0 spiro atoms. The lowest BCUT2D eigenvalue weighted by molar-refractivity contribution is 0.142. The van der Waals surface area contributed by atoms with Crippen LogP contribution in [0.3, 0.4) is 0 Å². The molecule has 1 aliphatic heterocycles. The van der Waals surface area contributed by atoms with Crippen molar-refractivity contribution in [1.82, 2.24) is 5.32 Å². The topological polar surface area (TPSA) is 21.3 Å². The smallest absolute Gasteiger partial charge is 0.0860 e. The van der Waals surface area contributed by atoms with Crippen LogP contribution in [0.5, 0.6) is 0 Å². The van der Waals surface area contributed by atoms with Crippen LogP contribution in [0.4, 0.5) is 0 Å². The molecular weight excluding hydrogens is 198 g/mol. The number of hydrogen-bond acceptors (Lipinski definition) is 2. The van der Waals surface area contributed by atoms with Gasteiger partial charge in [0.1, 0.15) is 0 Å². The van der Waals surface area contributed by atoms with Gasteiger partial charge in [-0.15, -0.1) is 0 Å². The Morgan fingerprint density at radius 2 is 2.19 bits per heavy atom. The molecule has 2 heteroatoms. The fraction of sp³-hybridized carbons (Fsp3) is 0.571. The molecule has 0 saturated carbocycles. The van der Waals surface area contributed by atoms with Crippen LogP contribution in [0.15, 0.2) is 36.2 Å². The first-order valence-electron chi connectivity index (χ1n) is 6.13. The molecular formula is C14H25NO. The van der Waals surface area contributed by atoms with E-state index in [0.717, 1.165) is 18.7 Å². The molecule has 0 radical (unpaired) electrons. The van der Waals surface area contributed by atoms with Crippen LogP contribution in [0, 0.1) is 5.92 Å². The molecule has 92 valence electrons. The second-order valence-electron chi connectivity index (χ2n) is 3.60. The number of rotatable bonds is 2. The molecule has 0 amide bonds. The Hall–Kier alpha value is -1.02. The summed E-state index contributed by atoms with van der Waals surface area (Å²) in [5, 5.41) is 3.28.